The molecule has 0 spiro atoms. The fourth-order valence-corrected chi connectivity index (χ4v) is 2.83. The van der Waals surface area contributed by atoms with E-state index in [1.807, 2.05) is 19.1 Å². The molecule has 2 aromatic heterocycles. The van der Waals surface area contributed by atoms with Gasteiger partial charge < -0.3 is 4.57 Å². The van der Waals surface area contributed by atoms with E-state index in [0.29, 0.717) is 11.4 Å². The van der Waals surface area contributed by atoms with Crippen molar-refractivity contribution in [3.8, 4) is 11.3 Å². The summed E-state index contributed by atoms with van der Waals surface area (Å²) in [4.78, 5) is 0. The van der Waals surface area contributed by atoms with Gasteiger partial charge in [-0.05, 0) is 38.0 Å². The van der Waals surface area contributed by atoms with Crippen molar-refractivity contribution in [2.24, 2.45) is 0 Å². The van der Waals surface area contributed by atoms with E-state index in [9.17, 15) is 8.78 Å². The molecule has 1 aliphatic carbocycles. The second-order valence-corrected chi connectivity index (χ2v) is 5.49. The standard InChI is InChI=1S/C16H13F2N3/c1-9-12(4-5-19-20-9)16-7-10-6-13(17)14(18)8-15(10)21(16)11-2-3-11/h4-8,11H,2-3H2,1H3. The van der Waals surface area contributed by atoms with Crippen LogP contribution in [0.15, 0.2) is 30.5 Å². The summed E-state index contributed by atoms with van der Waals surface area (Å²) in [5.41, 5.74) is 3.45. The van der Waals surface area contributed by atoms with Gasteiger partial charge in [-0.15, -0.1) is 0 Å². The number of hydrogen-bond donors (Lipinski definition) is 0. The topological polar surface area (TPSA) is 30.7 Å². The van der Waals surface area contributed by atoms with Gasteiger partial charge in [0.05, 0.1) is 23.1 Å². The molecule has 0 N–H and O–H groups in total. The number of nitrogens with zero attached hydrogens (tertiary/aromatic N) is 3. The molecule has 0 amide bonds. The first-order chi connectivity index (χ1) is 10.1. The third-order valence-corrected chi connectivity index (χ3v) is 3.97. The average Bonchev–Trinajstić information content (AvgIpc) is 3.23. The second kappa shape index (κ2) is 4.35. The van der Waals surface area contributed by atoms with Crippen LogP contribution in [0.1, 0.15) is 24.6 Å². The molecule has 0 bridgehead atoms. The van der Waals surface area contributed by atoms with Crippen molar-refractivity contribution in [1.29, 1.82) is 0 Å². The molecule has 5 heteroatoms. The minimum atomic E-state index is -0.813. The van der Waals surface area contributed by atoms with Gasteiger partial charge in [0.25, 0.3) is 0 Å². The molecule has 21 heavy (non-hydrogen) atoms. The predicted octanol–water partition coefficient (Wildman–Crippen LogP) is 4.02. The lowest BCUT2D eigenvalue weighted by atomic mass is 10.1. The second-order valence-electron chi connectivity index (χ2n) is 5.49. The molecule has 1 fully saturated rings. The zero-order chi connectivity index (χ0) is 14.6. The normalized spacial score (nSPS) is 14.8. The maximum atomic E-state index is 13.6. The van der Waals surface area contributed by atoms with Crippen LogP contribution in [0, 0.1) is 18.6 Å². The van der Waals surface area contributed by atoms with Gasteiger partial charge >= 0.3 is 0 Å². The highest BCUT2D eigenvalue weighted by Crippen LogP contribution is 2.43. The molecule has 0 saturated heterocycles. The van der Waals surface area contributed by atoms with E-state index < -0.39 is 11.6 Å². The number of rotatable bonds is 2. The van der Waals surface area contributed by atoms with Crippen LogP contribution in [0.5, 0.6) is 0 Å². The molecule has 2 heterocycles. The maximum Gasteiger partial charge on any atom is 0.160 e. The highest BCUT2D eigenvalue weighted by molar-refractivity contribution is 5.88. The Morgan fingerprint density at radius 1 is 1.14 bits per heavy atom. The molecule has 3 nitrogen and oxygen atoms in total. The number of halogens is 2. The van der Waals surface area contributed by atoms with Crippen molar-refractivity contribution in [2.75, 3.05) is 0 Å². The SMILES string of the molecule is Cc1nnccc1-c1cc2cc(F)c(F)cc2n1C1CC1. The van der Waals surface area contributed by atoms with Crippen LogP contribution >= 0.6 is 0 Å². The van der Waals surface area contributed by atoms with Crippen LogP contribution in [-0.4, -0.2) is 14.8 Å². The summed E-state index contributed by atoms with van der Waals surface area (Å²) in [6.07, 6.45) is 3.76. The first kappa shape index (κ1) is 12.4. The highest BCUT2D eigenvalue weighted by Gasteiger charge is 2.28. The van der Waals surface area contributed by atoms with E-state index in [0.717, 1.165) is 35.3 Å². The Morgan fingerprint density at radius 3 is 2.62 bits per heavy atom. The van der Waals surface area contributed by atoms with Gasteiger partial charge in [-0.1, -0.05) is 0 Å². The average molecular weight is 285 g/mol. The van der Waals surface area contributed by atoms with E-state index in [2.05, 4.69) is 14.8 Å². The van der Waals surface area contributed by atoms with Crippen molar-refractivity contribution < 1.29 is 8.78 Å². The van der Waals surface area contributed by atoms with E-state index in [-0.39, 0.29) is 0 Å². The molecule has 0 aliphatic heterocycles. The first-order valence-corrected chi connectivity index (χ1v) is 6.94. The summed E-state index contributed by atoms with van der Waals surface area (Å²) in [6, 6.07) is 6.70. The predicted molar refractivity (Wildman–Crippen MR) is 75.9 cm³/mol. The van der Waals surface area contributed by atoms with Gasteiger partial charge in [-0.3, -0.25) is 0 Å². The molecule has 4 rings (SSSR count). The first-order valence-electron chi connectivity index (χ1n) is 6.94. The number of aryl methyl sites for hydroxylation is 1. The van der Waals surface area contributed by atoms with Gasteiger partial charge in [-0.25, -0.2) is 8.78 Å². The highest BCUT2D eigenvalue weighted by atomic mass is 19.2. The van der Waals surface area contributed by atoms with Crippen molar-refractivity contribution in [1.82, 2.24) is 14.8 Å². The fourth-order valence-electron chi connectivity index (χ4n) is 2.83. The fraction of sp³-hybridized carbons (Fsp3) is 0.250. The van der Waals surface area contributed by atoms with Gasteiger partial charge in [0.15, 0.2) is 11.6 Å². The Hall–Kier alpha value is -2.30. The lowest BCUT2D eigenvalue weighted by molar-refractivity contribution is 0.510. The summed E-state index contributed by atoms with van der Waals surface area (Å²) >= 11 is 0. The zero-order valence-electron chi connectivity index (χ0n) is 11.5. The van der Waals surface area contributed by atoms with E-state index in [4.69, 9.17) is 0 Å². The summed E-state index contributed by atoms with van der Waals surface area (Å²) in [5.74, 6) is -1.62. The quantitative estimate of drug-likeness (QED) is 0.712. The molecule has 1 aliphatic rings. The van der Waals surface area contributed by atoms with Crippen molar-refractivity contribution in [3.63, 3.8) is 0 Å². The Morgan fingerprint density at radius 2 is 1.90 bits per heavy atom. The van der Waals surface area contributed by atoms with Crippen molar-refractivity contribution in [3.05, 3.63) is 47.8 Å². The minimum Gasteiger partial charge on any atom is -0.337 e. The lowest BCUT2D eigenvalue weighted by Crippen LogP contribution is -1.99. The van der Waals surface area contributed by atoms with Gasteiger partial charge in [-0.2, -0.15) is 10.2 Å². The maximum absolute atomic E-state index is 13.6. The van der Waals surface area contributed by atoms with Crippen LogP contribution in [-0.2, 0) is 0 Å². The van der Waals surface area contributed by atoms with E-state index >= 15 is 0 Å². The van der Waals surface area contributed by atoms with Crippen LogP contribution in [0.4, 0.5) is 8.78 Å². The van der Waals surface area contributed by atoms with Gasteiger partial charge in [0.1, 0.15) is 0 Å². The molecular formula is C16H13F2N3. The largest absolute Gasteiger partial charge is 0.337 e. The van der Waals surface area contributed by atoms with Gasteiger partial charge in [0, 0.05) is 23.1 Å². The number of aromatic nitrogens is 3. The molecule has 0 atom stereocenters. The Kier molecular flexibility index (Phi) is 2.58. The minimum absolute atomic E-state index is 0.356. The number of benzene rings is 1. The summed E-state index contributed by atoms with van der Waals surface area (Å²) < 4.78 is 29.2. The van der Waals surface area contributed by atoms with Gasteiger partial charge in [0.2, 0.25) is 0 Å². The zero-order valence-corrected chi connectivity index (χ0v) is 11.5. The summed E-state index contributed by atoms with van der Waals surface area (Å²) in [7, 11) is 0. The van der Waals surface area contributed by atoms with Crippen LogP contribution < -0.4 is 0 Å². The van der Waals surface area contributed by atoms with E-state index in [1.54, 1.807) is 6.20 Å². The molecule has 1 aromatic carbocycles. The molecule has 0 radical (unpaired) electrons. The Labute approximate surface area is 120 Å². The van der Waals surface area contributed by atoms with Crippen LogP contribution in [0.2, 0.25) is 0 Å². The molecule has 0 unspecified atom stereocenters. The number of hydrogen-bond acceptors (Lipinski definition) is 2. The third kappa shape index (κ3) is 1.92. The smallest absolute Gasteiger partial charge is 0.160 e. The van der Waals surface area contributed by atoms with Crippen molar-refractivity contribution in [2.45, 2.75) is 25.8 Å². The van der Waals surface area contributed by atoms with Crippen molar-refractivity contribution >= 4 is 10.9 Å². The van der Waals surface area contributed by atoms with E-state index in [1.165, 1.54) is 12.1 Å². The summed E-state index contributed by atoms with van der Waals surface area (Å²) in [6.45, 7) is 1.89. The van der Waals surface area contributed by atoms with Crippen LogP contribution in [0.25, 0.3) is 22.2 Å². The third-order valence-electron chi connectivity index (χ3n) is 3.97. The molecule has 3 aromatic rings. The molecule has 1 saturated carbocycles. The molecule has 106 valence electrons. The number of fused-ring (bicyclic) bond motifs is 1. The Balaban J connectivity index is 2.05. The monoisotopic (exact) mass is 285 g/mol. The lowest BCUT2D eigenvalue weighted by Gasteiger charge is -2.10. The van der Waals surface area contributed by atoms with Crippen LogP contribution in [0.3, 0.4) is 0 Å². The Bertz CT molecular complexity index is 850. The molecular weight excluding hydrogens is 272 g/mol. The summed E-state index contributed by atoms with van der Waals surface area (Å²) in [5, 5.41) is 8.65.